The summed E-state index contributed by atoms with van der Waals surface area (Å²) < 4.78 is 9.89. The predicted molar refractivity (Wildman–Crippen MR) is 99.3 cm³/mol. The van der Waals surface area contributed by atoms with Gasteiger partial charge >= 0.3 is 5.97 Å². The molecule has 0 aliphatic rings. The van der Waals surface area contributed by atoms with E-state index in [9.17, 15) is 24.5 Å². The summed E-state index contributed by atoms with van der Waals surface area (Å²) in [6.45, 7) is 0.776. The molecule has 2 aromatic rings. The van der Waals surface area contributed by atoms with Crippen LogP contribution in [0.15, 0.2) is 42.5 Å². The first-order valence-corrected chi connectivity index (χ1v) is 7.97. The van der Waals surface area contributed by atoms with Crippen LogP contribution in [0.3, 0.4) is 0 Å². The number of benzene rings is 2. The zero-order valence-corrected chi connectivity index (χ0v) is 15.1. The van der Waals surface area contributed by atoms with Crippen molar-refractivity contribution in [1.29, 1.82) is 0 Å². The lowest BCUT2D eigenvalue weighted by Gasteiger charge is -2.09. The normalized spacial score (nSPS) is 9.93. The largest absolute Gasteiger partial charge is 0.496 e. The average molecular weight is 387 g/mol. The fourth-order valence-electron chi connectivity index (χ4n) is 2.22. The number of hydrogen-bond acceptors (Lipinski definition) is 7. The van der Waals surface area contributed by atoms with Gasteiger partial charge in [-0.1, -0.05) is 0 Å². The summed E-state index contributed by atoms with van der Waals surface area (Å²) in [5.41, 5.74) is 0.526. The Morgan fingerprint density at radius 1 is 1.04 bits per heavy atom. The number of nitrogens with zero attached hydrogens (tertiary/aromatic N) is 1. The minimum absolute atomic E-state index is 0.0876. The van der Waals surface area contributed by atoms with E-state index in [1.54, 1.807) is 24.3 Å². The second-order valence-corrected chi connectivity index (χ2v) is 5.52. The Bertz CT molecular complexity index is 910. The number of non-ortho nitro benzene ring substituents is 1. The van der Waals surface area contributed by atoms with Crippen LogP contribution in [0.4, 0.5) is 17.1 Å². The molecule has 0 spiro atoms. The zero-order valence-electron chi connectivity index (χ0n) is 15.1. The van der Waals surface area contributed by atoms with Crippen molar-refractivity contribution in [2.75, 3.05) is 24.4 Å². The highest BCUT2D eigenvalue weighted by molar-refractivity contribution is 5.97. The maximum absolute atomic E-state index is 12.2. The van der Waals surface area contributed by atoms with Crippen LogP contribution >= 0.6 is 0 Å². The van der Waals surface area contributed by atoms with Crippen molar-refractivity contribution >= 4 is 34.8 Å². The Morgan fingerprint density at radius 3 is 2.18 bits per heavy atom. The molecule has 0 fully saturated rings. The molecule has 2 rings (SSSR count). The van der Waals surface area contributed by atoms with Crippen LogP contribution in [0, 0.1) is 10.1 Å². The van der Waals surface area contributed by atoms with E-state index in [4.69, 9.17) is 9.47 Å². The number of nitro groups is 1. The lowest BCUT2D eigenvalue weighted by molar-refractivity contribution is -0.384. The number of hydrogen-bond donors (Lipinski definition) is 2. The van der Waals surface area contributed by atoms with Gasteiger partial charge in [-0.05, 0) is 30.3 Å². The first kappa shape index (κ1) is 20.4. The van der Waals surface area contributed by atoms with Crippen LogP contribution in [-0.2, 0) is 14.3 Å². The van der Waals surface area contributed by atoms with Crippen molar-refractivity contribution in [1.82, 2.24) is 0 Å². The van der Waals surface area contributed by atoms with Crippen LogP contribution in [0.2, 0.25) is 0 Å². The van der Waals surface area contributed by atoms with Crippen molar-refractivity contribution in [2.24, 2.45) is 0 Å². The highest BCUT2D eigenvalue weighted by atomic mass is 16.6. The smallest absolute Gasteiger partial charge is 0.342 e. The molecular weight excluding hydrogens is 370 g/mol. The van der Waals surface area contributed by atoms with E-state index in [0.29, 0.717) is 11.4 Å². The van der Waals surface area contributed by atoms with Gasteiger partial charge in [0.1, 0.15) is 11.3 Å². The number of ether oxygens (including phenoxy) is 2. The van der Waals surface area contributed by atoms with Gasteiger partial charge in [0.25, 0.3) is 11.6 Å². The number of carbonyl (C=O) groups excluding carboxylic acids is 3. The molecule has 2 aromatic carbocycles. The number of esters is 1. The average Bonchev–Trinajstić information content (AvgIpc) is 2.66. The van der Waals surface area contributed by atoms with E-state index >= 15 is 0 Å². The molecule has 2 amide bonds. The number of nitrogens with one attached hydrogen (secondary N) is 2. The molecule has 0 unspecified atom stereocenters. The summed E-state index contributed by atoms with van der Waals surface area (Å²) in [5.74, 6) is -1.67. The Hall–Kier alpha value is -3.95. The van der Waals surface area contributed by atoms with E-state index in [2.05, 4.69) is 10.6 Å². The zero-order chi connectivity index (χ0) is 20.7. The molecule has 146 valence electrons. The van der Waals surface area contributed by atoms with Crippen LogP contribution in [0.1, 0.15) is 17.3 Å². The van der Waals surface area contributed by atoms with Gasteiger partial charge in [0.15, 0.2) is 6.61 Å². The third-order valence-electron chi connectivity index (χ3n) is 3.44. The molecule has 28 heavy (non-hydrogen) atoms. The number of rotatable bonds is 7. The van der Waals surface area contributed by atoms with Crippen molar-refractivity contribution < 1.29 is 28.8 Å². The molecule has 0 heterocycles. The molecule has 2 N–H and O–H groups in total. The lowest BCUT2D eigenvalue weighted by Crippen LogP contribution is -2.21. The van der Waals surface area contributed by atoms with Crippen LogP contribution in [0.5, 0.6) is 5.75 Å². The minimum atomic E-state index is -0.934. The monoisotopic (exact) mass is 387 g/mol. The number of amides is 2. The van der Waals surface area contributed by atoms with Crippen molar-refractivity contribution in [3.63, 3.8) is 0 Å². The molecule has 0 radical (unpaired) electrons. The first-order valence-electron chi connectivity index (χ1n) is 7.97. The Balaban J connectivity index is 1.97. The fourth-order valence-corrected chi connectivity index (χ4v) is 2.22. The summed E-state index contributed by atoms with van der Waals surface area (Å²) in [6.07, 6.45) is 0. The van der Waals surface area contributed by atoms with Gasteiger partial charge in [0.05, 0.1) is 12.0 Å². The molecule has 0 aliphatic carbocycles. The predicted octanol–water partition coefficient (Wildman–Crippen LogP) is 2.36. The van der Waals surface area contributed by atoms with E-state index < -0.39 is 23.4 Å². The van der Waals surface area contributed by atoms with Crippen molar-refractivity contribution in [3.8, 4) is 5.75 Å². The lowest BCUT2D eigenvalue weighted by atomic mass is 10.2. The third kappa shape index (κ3) is 5.53. The second kappa shape index (κ2) is 9.12. The number of nitro benzene ring substituents is 1. The topological polar surface area (TPSA) is 137 Å². The second-order valence-electron chi connectivity index (χ2n) is 5.52. The van der Waals surface area contributed by atoms with E-state index in [1.165, 1.54) is 26.2 Å². The standard InChI is InChI=1S/C18H17N3O7/c1-11(22)19-12-3-5-13(6-4-12)20-17(23)10-28-18(24)15-9-14(21(25)26)7-8-16(15)27-2/h3-9H,10H2,1-2H3,(H,19,22)(H,20,23). The Kier molecular flexibility index (Phi) is 6.63. The summed E-state index contributed by atoms with van der Waals surface area (Å²) in [5, 5.41) is 16.0. The number of carbonyl (C=O) groups is 3. The van der Waals surface area contributed by atoms with Crippen LogP contribution in [-0.4, -0.2) is 36.4 Å². The molecule has 0 bridgehead atoms. The molecule has 10 heteroatoms. The molecule has 0 aliphatic heterocycles. The maximum Gasteiger partial charge on any atom is 0.342 e. The third-order valence-corrected chi connectivity index (χ3v) is 3.44. The number of anilines is 2. The van der Waals surface area contributed by atoms with Gasteiger partial charge in [-0.15, -0.1) is 0 Å². The molecular formula is C18H17N3O7. The van der Waals surface area contributed by atoms with Crippen molar-refractivity contribution in [3.05, 3.63) is 58.1 Å². The van der Waals surface area contributed by atoms with Gasteiger partial charge in [-0.3, -0.25) is 19.7 Å². The minimum Gasteiger partial charge on any atom is -0.496 e. The number of methoxy groups -OCH3 is 1. The van der Waals surface area contributed by atoms with E-state index in [1.807, 2.05) is 0 Å². The van der Waals surface area contributed by atoms with Gasteiger partial charge in [0, 0.05) is 30.4 Å². The van der Waals surface area contributed by atoms with Crippen LogP contribution < -0.4 is 15.4 Å². The SMILES string of the molecule is COc1ccc([N+](=O)[O-])cc1C(=O)OCC(=O)Nc1ccc(NC(C)=O)cc1. The Labute approximate surface area is 159 Å². The van der Waals surface area contributed by atoms with Crippen LogP contribution in [0.25, 0.3) is 0 Å². The molecule has 0 aromatic heterocycles. The highest BCUT2D eigenvalue weighted by Gasteiger charge is 2.19. The fraction of sp³-hybridized carbons (Fsp3) is 0.167. The van der Waals surface area contributed by atoms with E-state index in [-0.39, 0.29) is 22.9 Å². The highest BCUT2D eigenvalue weighted by Crippen LogP contribution is 2.24. The van der Waals surface area contributed by atoms with Gasteiger partial charge < -0.3 is 20.1 Å². The Morgan fingerprint density at radius 2 is 1.64 bits per heavy atom. The quantitative estimate of drug-likeness (QED) is 0.423. The van der Waals surface area contributed by atoms with Gasteiger partial charge in [-0.25, -0.2) is 4.79 Å². The summed E-state index contributed by atoms with van der Waals surface area (Å²) in [6, 6.07) is 9.79. The summed E-state index contributed by atoms with van der Waals surface area (Å²) >= 11 is 0. The summed E-state index contributed by atoms with van der Waals surface area (Å²) in [7, 11) is 1.30. The molecule has 10 nitrogen and oxygen atoms in total. The molecule has 0 saturated carbocycles. The maximum atomic E-state index is 12.2. The van der Waals surface area contributed by atoms with Gasteiger partial charge in [0.2, 0.25) is 5.91 Å². The van der Waals surface area contributed by atoms with E-state index in [0.717, 1.165) is 6.07 Å². The summed E-state index contributed by atoms with van der Waals surface area (Å²) in [4.78, 5) is 45.3. The molecule has 0 atom stereocenters. The van der Waals surface area contributed by atoms with Gasteiger partial charge in [-0.2, -0.15) is 0 Å². The molecule has 0 saturated heterocycles. The first-order chi connectivity index (χ1) is 13.3. The van der Waals surface area contributed by atoms with Crippen molar-refractivity contribution in [2.45, 2.75) is 6.92 Å².